The Hall–Kier alpha value is -1.87. The van der Waals surface area contributed by atoms with E-state index in [0.29, 0.717) is 6.04 Å². The highest BCUT2D eigenvalue weighted by atomic mass is 32.1. The van der Waals surface area contributed by atoms with Crippen molar-refractivity contribution in [2.75, 3.05) is 5.32 Å². The highest BCUT2D eigenvalue weighted by Gasteiger charge is 2.21. The van der Waals surface area contributed by atoms with Crippen LogP contribution in [-0.2, 0) is 6.42 Å². The Morgan fingerprint density at radius 2 is 2.10 bits per heavy atom. The fourth-order valence-corrected chi connectivity index (χ4v) is 4.02. The molecule has 100 valence electrons. The lowest BCUT2D eigenvalue weighted by atomic mass is 9.94. The van der Waals surface area contributed by atoms with Gasteiger partial charge in [0.2, 0.25) is 0 Å². The quantitative estimate of drug-likeness (QED) is 0.730. The van der Waals surface area contributed by atoms with Gasteiger partial charge in [-0.1, -0.05) is 24.3 Å². The summed E-state index contributed by atoms with van der Waals surface area (Å²) in [7, 11) is 0. The number of thiophene rings is 1. The normalized spacial score (nSPS) is 17.9. The number of benzene rings is 1. The van der Waals surface area contributed by atoms with E-state index in [9.17, 15) is 0 Å². The highest BCUT2D eigenvalue weighted by molar-refractivity contribution is 7.10. The van der Waals surface area contributed by atoms with Crippen molar-refractivity contribution in [3.8, 4) is 0 Å². The van der Waals surface area contributed by atoms with Gasteiger partial charge >= 0.3 is 0 Å². The van der Waals surface area contributed by atoms with Gasteiger partial charge < -0.3 is 5.32 Å². The number of hydrogen-bond donors (Lipinski definition) is 1. The molecule has 0 spiro atoms. The Morgan fingerprint density at radius 1 is 1.15 bits per heavy atom. The second-order valence-electron chi connectivity index (χ2n) is 5.27. The number of rotatable bonds is 2. The summed E-state index contributed by atoms with van der Waals surface area (Å²) in [5.74, 6) is 1.01. The van der Waals surface area contributed by atoms with Crippen LogP contribution in [0.25, 0.3) is 10.8 Å². The van der Waals surface area contributed by atoms with Crippen LogP contribution in [0.1, 0.15) is 29.3 Å². The molecule has 20 heavy (non-hydrogen) atoms. The van der Waals surface area contributed by atoms with Crippen molar-refractivity contribution in [1.82, 2.24) is 4.98 Å². The van der Waals surface area contributed by atoms with Crippen LogP contribution in [0.3, 0.4) is 0 Å². The molecule has 3 aromatic rings. The maximum Gasteiger partial charge on any atom is 0.134 e. The smallest absolute Gasteiger partial charge is 0.134 e. The van der Waals surface area contributed by atoms with Crippen molar-refractivity contribution in [2.24, 2.45) is 0 Å². The first-order valence-corrected chi connectivity index (χ1v) is 7.96. The Labute approximate surface area is 122 Å². The van der Waals surface area contributed by atoms with Crippen LogP contribution in [0.15, 0.2) is 48.0 Å². The van der Waals surface area contributed by atoms with Gasteiger partial charge in [0.1, 0.15) is 5.82 Å². The lowest BCUT2D eigenvalue weighted by Crippen LogP contribution is -2.16. The number of nitrogens with zero attached hydrogens (tertiary/aromatic N) is 1. The van der Waals surface area contributed by atoms with Gasteiger partial charge in [-0.15, -0.1) is 11.3 Å². The molecule has 2 nitrogen and oxygen atoms in total. The van der Waals surface area contributed by atoms with Gasteiger partial charge in [0, 0.05) is 16.5 Å². The molecule has 0 radical (unpaired) electrons. The van der Waals surface area contributed by atoms with Crippen LogP contribution >= 0.6 is 11.3 Å². The molecule has 0 saturated heterocycles. The van der Waals surface area contributed by atoms with E-state index in [2.05, 4.69) is 52.1 Å². The first-order valence-electron chi connectivity index (χ1n) is 7.08. The van der Waals surface area contributed by atoms with E-state index in [1.54, 1.807) is 0 Å². The van der Waals surface area contributed by atoms with E-state index >= 15 is 0 Å². The van der Waals surface area contributed by atoms with Crippen molar-refractivity contribution >= 4 is 27.9 Å². The molecular weight excluding hydrogens is 264 g/mol. The Bertz CT molecular complexity index is 742. The number of nitrogens with one attached hydrogen (secondary N) is 1. The zero-order valence-electron chi connectivity index (χ0n) is 11.2. The zero-order valence-corrected chi connectivity index (χ0v) is 12.0. The van der Waals surface area contributed by atoms with Crippen molar-refractivity contribution in [3.63, 3.8) is 0 Å². The minimum atomic E-state index is 0.406. The molecule has 0 fully saturated rings. The highest BCUT2D eigenvalue weighted by Crippen LogP contribution is 2.36. The Morgan fingerprint density at radius 3 is 3.10 bits per heavy atom. The van der Waals surface area contributed by atoms with Crippen LogP contribution in [0.5, 0.6) is 0 Å². The summed E-state index contributed by atoms with van der Waals surface area (Å²) in [5.41, 5.74) is 1.47. The summed E-state index contributed by atoms with van der Waals surface area (Å²) >= 11 is 1.88. The second kappa shape index (κ2) is 4.91. The molecule has 2 heterocycles. The van der Waals surface area contributed by atoms with Gasteiger partial charge in [-0.3, -0.25) is 0 Å². The average Bonchev–Trinajstić information content (AvgIpc) is 2.97. The summed E-state index contributed by atoms with van der Waals surface area (Å²) in [6.07, 6.45) is 5.57. The third kappa shape index (κ3) is 1.98. The van der Waals surface area contributed by atoms with Crippen molar-refractivity contribution < 1.29 is 0 Å². The minimum Gasteiger partial charge on any atom is -0.363 e. The van der Waals surface area contributed by atoms with Crippen molar-refractivity contribution in [2.45, 2.75) is 25.3 Å². The summed E-state index contributed by atoms with van der Waals surface area (Å²) in [5, 5.41) is 8.32. The number of aryl methyl sites for hydroxylation is 1. The maximum atomic E-state index is 4.55. The van der Waals surface area contributed by atoms with Crippen molar-refractivity contribution in [3.05, 3.63) is 58.4 Å². The molecular formula is C17H16N2S. The molecule has 1 N–H and O–H groups in total. The predicted octanol–water partition coefficient (Wildman–Crippen LogP) is 4.79. The molecule has 2 aromatic heterocycles. The molecule has 4 rings (SSSR count). The third-order valence-electron chi connectivity index (χ3n) is 4.04. The van der Waals surface area contributed by atoms with Crippen LogP contribution in [0.4, 0.5) is 5.82 Å². The first-order chi connectivity index (χ1) is 9.92. The first kappa shape index (κ1) is 11.9. The summed E-state index contributed by atoms with van der Waals surface area (Å²) in [6.45, 7) is 0. The van der Waals surface area contributed by atoms with Gasteiger partial charge in [0.15, 0.2) is 0 Å². The van der Waals surface area contributed by atoms with Gasteiger partial charge in [-0.2, -0.15) is 0 Å². The fraction of sp³-hybridized carbons (Fsp3) is 0.235. The van der Waals surface area contributed by atoms with Gasteiger partial charge in [0.05, 0.1) is 6.04 Å². The average molecular weight is 280 g/mol. The van der Waals surface area contributed by atoms with Crippen LogP contribution in [-0.4, -0.2) is 4.98 Å². The van der Waals surface area contributed by atoms with E-state index in [1.807, 2.05) is 17.5 Å². The van der Waals surface area contributed by atoms with Gasteiger partial charge in [-0.25, -0.2) is 4.98 Å². The fourth-order valence-electron chi connectivity index (χ4n) is 3.04. The number of anilines is 1. The summed E-state index contributed by atoms with van der Waals surface area (Å²) < 4.78 is 0. The van der Waals surface area contributed by atoms with Crippen LogP contribution in [0, 0.1) is 0 Å². The molecule has 1 aliphatic carbocycles. The summed E-state index contributed by atoms with van der Waals surface area (Å²) in [4.78, 5) is 6.09. The molecule has 0 saturated carbocycles. The van der Waals surface area contributed by atoms with E-state index in [4.69, 9.17) is 0 Å². The molecule has 0 bridgehead atoms. The third-order valence-corrected chi connectivity index (χ3v) is 5.03. The number of pyridine rings is 1. The Balaban J connectivity index is 1.73. The Kier molecular flexibility index (Phi) is 2.92. The van der Waals surface area contributed by atoms with E-state index in [-0.39, 0.29) is 0 Å². The van der Waals surface area contributed by atoms with Crippen LogP contribution in [0.2, 0.25) is 0 Å². The standard InChI is InChI=1S/C17H16N2S/c1-2-5-13-12(4-1)8-10-18-17(13)19-15-6-3-7-16-14(15)9-11-20-16/h1-2,4-5,8-11,15H,3,6-7H2,(H,18,19). The monoisotopic (exact) mass is 280 g/mol. The zero-order chi connectivity index (χ0) is 13.4. The van der Waals surface area contributed by atoms with Gasteiger partial charge in [0.25, 0.3) is 0 Å². The molecule has 1 aliphatic rings. The summed E-state index contributed by atoms with van der Waals surface area (Å²) in [6, 6.07) is 13.2. The molecule has 0 aliphatic heterocycles. The number of aromatic nitrogens is 1. The molecule has 1 aromatic carbocycles. The predicted molar refractivity (Wildman–Crippen MR) is 85.4 cm³/mol. The van der Waals surface area contributed by atoms with Crippen molar-refractivity contribution in [1.29, 1.82) is 0 Å². The van der Waals surface area contributed by atoms with E-state index in [0.717, 1.165) is 5.82 Å². The van der Waals surface area contributed by atoms with E-state index in [1.165, 1.54) is 40.5 Å². The second-order valence-corrected chi connectivity index (χ2v) is 6.27. The molecule has 3 heteroatoms. The maximum absolute atomic E-state index is 4.55. The largest absolute Gasteiger partial charge is 0.363 e. The topological polar surface area (TPSA) is 24.9 Å². The number of hydrogen-bond acceptors (Lipinski definition) is 3. The lowest BCUT2D eigenvalue weighted by Gasteiger charge is -2.24. The molecule has 1 unspecified atom stereocenters. The minimum absolute atomic E-state index is 0.406. The number of fused-ring (bicyclic) bond motifs is 2. The van der Waals surface area contributed by atoms with Gasteiger partial charge in [-0.05, 0) is 47.7 Å². The molecule has 0 amide bonds. The SMILES string of the molecule is c1ccc2c(NC3CCCc4sccc43)nccc2c1. The van der Waals surface area contributed by atoms with Crippen LogP contribution < -0.4 is 5.32 Å². The molecule has 1 atom stereocenters. The van der Waals surface area contributed by atoms with E-state index < -0.39 is 0 Å². The lowest BCUT2D eigenvalue weighted by molar-refractivity contribution is 0.607.